The van der Waals surface area contributed by atoms with E-state index in [0.29, 0.717) is 5.92 Å². The molecule has 1 heterocycles. The van der Waals surface area contributed by atoms with Gasteiger partial charge in [0.25, 0.3) is 0 Å². The number of piperidine rings is 1. The number of β-amino-alcohol motifs (C(OH)–C–C–N with tert-alkyl or cyclic N) is 1. The number of aliphatic hydroxyl groups is 1. The highest BCUT2D eigenvalue weighted by Gasteiger charge is 2.24. The van der Waals surface area contributed by atoms with Gasteiger partial charge < -0.3 is 5.11 Å². The molecule has 0 radical (unpaired) electrons. The summed E-state index contributed by atoms with van der Waals surface area (Å²) in [7, 11) is 0. The zero-order valence-electron chi connectivity index (χ0n) is 10.6. The third kappa shape index (κ3) is 4.12. The van der Waals surface area contributed by atoms with Crippen molar-refractivity contribution in [1.29, 1.82) is 0 Å². The molecular weight excluding hydrogens is 186 g/mol. The van der Waals surface area contributed by atoms with Gasteiger partial charge in [-0.3, -0.25) is 4.90 Å². The van der Waals surface area contributed by atoms with Crippen LogP contribution in [-0.4, -0.2) is 35.2 Å². The third-order valence-corrected chi connectivity index (χ3v) is 3.56. The van der Waals surface area contributed by atoms with Crippen molar-refractivity contribution in [2.45, 2.75) is 65.0 Å². The second kappa shape index (κ2) is 6.49. The van der Waals surface area contributed by atoms with Crippen LogP contribution in [0.3, 0.4) is 0 Å². The van der Waals surface area contributed by atoms with Crippen LogP contribution in [0.1, 0.15) is 52.9 Å². The smallest absolute Gasteiger partial charge is 0.0690 e. The second-order valence-corrected chi connectivity index (χ2v) is 5.24. The number of nitrogens with zero attached hydrogens (tertiary/aromatic N) is 1. The van der Waals surface area contributed by atoms with Crippen LogP contribution in [0.25, 0.3) is 0 Å². The Morgan fingerprint density at radius 3 is 2.67 bits per heavy atom. The van der Waals surface area contributed by atoms with Crippen molar-refractivity contribution in [3.05, 3.63) is 0 Å². The summed E-state index contributed by atoms with van der Waals surface area (Å²) < 4.78 is 0. The van der Waals surface area contributed by atoms with E-state index in [1.807, 2.05) is 0 Å². The van der Waals surface area contributed by atoms with Gasteiger partial charge in [0.1, 0.15) is 0 Å². The van der Waals surface area contributed by atoms with Gasteiger partial charge in [-0.25, -0.2) is 0 Å². The first kappa shape index (κ1) is 13.0. The lowest BCUT2D eigenvalue weighted by Gasteiger charge is -2.37. The van der Waals surface area contributed by atoms with Gasteiger partial charge in [0, 0.05) is 12.6 Å². The largest absolute Gasteiger partial charge is 0.392 e. The summed E-state index contributed by atoms with van der Waals surface area (Å²) >= 11 is 0. The topological polar surface area (TPSA) is 23.5 Å². The minimum Gasteiger partial charge on any atom is -0.392 e. The number of hydrogen-bond donors (Lipinski definition) is 1. The second-order valence-electron chi connectivity index (χ2n) is 5.24. The van der Waals surface area contributed by atoms with Crippen molar-refractivity contribution < 1.29 is 5.11 Å². The monoisotopic (exact) mass is 213 g/mol. The van der Waals surface area contributed by atoms with Crippen LogP contribution in [0.15, 0.2) is 0 Å². The number of likely N-dealkylation sites (tertiary alicyclic amines) is 1. The normalized spacial score (nSPS) is 25.8. The Hall–Kier alpha value is -0.0800. The predicted octanol–water partition coefficient (Wildman–Crippen LogP) is 2.66. The molecule has 0 saturated carbocycles. The summed E-state index contributed by atoms with van der Waals surface area (Å²) in [5.74, 6) is 0.384. The summed E-state index contributed by atoms with van der Waals surface area (Å²) in [6, 6.07) is 0.733. The quantitative estimate of drug-likeness (QED) is 0.759. The maximum absolute atomic E-state index is 9.92. The number of hydrogen-bond acceptors (Lipinski definition) is 2. The molecule has 1 rings (SSSR count). The van der Waals surface area contributed by atoms with Gasteiger partial charge in [0.15, 0.2) is 0 Å². The van der Waals surface area contributed by atoms with E-state index in [1.165, 1.54) is 38.6 Å². The van der Waals surface area contributed by atoms with Gasteiger partial charge in [0.2, 0.25) is 0 Å². The average molecular weight is 213 g/mol. The molecule has 90 valence electrons. The molecule has 0 aromatic heterocycles. The minimum atomic E-state index is -0.151. The van der Waals surface area contributed by atoms with Gasteiger partial charge in [-0.2, -0.15) is 0 Å². The van der Waals surface area contributed by atoms with Crippen molar-refractivity contribution in [3.8, 4) is 0 Å². The fraction of sp³-hybridized carbons (Fsp3) is 1.00. The van der Waals surface area contributed by atoms with E-state index in [2.05, 4.69) is 25.7 Å². The molecule has 0 amide bonds. The van der Waals surface area contributed by atoms with Crippen LogP contribution >= 0.6 is 0 Å². The Labute approximate surface area is 94.7 Å². The van der Waals surface area contributed by atoms with Crippen molar-refractivity contribution in [1.82, 2.24) is 4.90 Å². The molecule has 1 fully saturated rings. The number of aliphatic hydroxyl groups excluding tert-OH is 1. The third-order valence-electron chi connectivity index (χ3n) is 3.56. The van der Waals surface area contributed by atoms with E-state index < -0.39 is 0 Å². The van der Waals surface area contributed by atoms with Crippen LogP contribution in [0.5, 0.6) is 0 Å². The standard InChI is InChI=1S/C13H27NO/c1-4-7-12-8-5-6-9-14(12)10-13(15)11(2)3/h11-13,15H,4-10H2,1-3H3. The highest BCUT2D eigenvalue weighted by atomic mass is 16.3. The predicted molar refractivity (Wildman–Crippen MR) is 65.0 cm³/mol. The molecule has 15 heavy (non-hydrogen) atoms. The zero-order chi connectivity index (χ0) is 11.3. The van der Waals surface area contributed by atoms with E-state index in [4.69, 9.17) is 0 Å². The lowest BCUT2D eigenvalue weighted by atomic mass is 9.96. The summed E-state index contributed by atoms with van der Waals surface area (Å²) in [6.45, 7) is 8.52. The minimum absolute atomic E-state index is 0.151. The molecule has 0 aromatic rings. The molecule has 0 aromatic carbocycles. The van der Waals surface area contributed by atoms with Crippen molar-refractivity contribution in [2.24, 2.45) is 5.92 Å². The highest BCUT2D eigenvalue weighted by Crippen LogP contribution is 2.21. The molecular formula is C13H27NO. The van der Waals surface area contributed by atoms with Gasteiger partial charge >= 0.3 is 0 Å². The van der Waals surface area contributed by atoms with E-state index in [9.17, 15) is 5.11 Å². The average Bonchev–Trinajstić information content (AvgIpc) is 2.21. The van der Waals surface area contributed by atoms with E-state index >= 15 is 0 Å². The summed E-state index contributed by atoms with van der Waals surface area (Å²) in [6.07, 6.45) is 6.43. The van der Waals surface area contributed by atoms with Crippen molar-refractivity contribution in [2.75, 3.05) is 13.1 Å². The molecule has 0 aliphatic carbocycles. The highest BCUT2D eigenvalue weighted by molar-refractivity contribution is 4.79. The maximum Gasteiger partial charge on any atom is 0.0690 e. The SMILES string of the molecule is CCCC1CCCCN1CC(O)C(C)C. The van der Waals surface area contributed by atoms with E-state index in [1.54, 1.807) is 0 Å². The fourth-order valence-electron chi connectivity index (χ4n) is 2.41. The molecule has 2 heteroatoms. The van der Waals surface area contributed by atoms with Gasteiger partial charge in [-0.05, 0) is 31.7 Å². The Balaban J connectivity index is 2.41. The Kier molecular flexibility index (Phi) is 5.62. The van der Waals surface area contributed by atoms with Crippen LogP contribution in [-0.2, 0) is 0 Å². The summed E-state index contributed by atoms with van der Waals surface area (Å²) in [5.41, 5.74) is 0. The lowest BCUT2D eigenvalue weighted by molar-refractivity contribution is 0.0404. The molecule has 1 N–H and O–H groups in total. The molecule has 2 nitrogen and oxygen atoms in total. The van der Waals surface area contributed by atoms with Crippen LogP contribution in [0, 0.1) is 5.92 Å². The molecule has 0 spiro atoms. The number of rotatable bonds is 5. The summed E-state index contributed by atoms with van der Waals surface area (Å²) in [4.78, 5) is 2.51. The molecule has 2 unspecified atom stereocenters. The van der Waals surface area contributed by atoms with Gasteiger partial charge in [-0.15, -0.1) is 0 Å². The maximum atomic E-state index is 9.92. The first-order valence-corrected chi connectivity index (χ1v) is 6.57. The molecule has 1 aliphatic heterocycles. The Morgan fingerprint density at radius 2 is 2.07 bits per heavy atom. The van der Waals surface area contributed by atoms with Crippen molar-refractivity contribution >= 4 is 0 Å². The van der Waals surface area contributed by atoms with Crippen molar-refractivity contribution in [3.63, 3.8) is 0 Å². The molecule has 0 bridgehead atoms. The van der Waals surface area contributed by atoms with E-state index in [0.717, 1.165) is 12.6 Å². The van der Waals surface area contributed by atoms with Gasteiger partial charge in [-0.1, -0.05) is 33.6 Å². The fourth-order valence-corrected chi connectivity index (χ4v) is 2.41. The van der Waals surface area contributed by atoms with Crippen LogP contribution in [0.2, 0.25) is 0 Å². The summed E-state index contributed by atoms with van der Waals surface area (Å²) in [5, 5.41) is 9.92. The first-order valence-electron chi connectivity index (χ1n) is 6.57. The van der Waals surface area contributed by atoms with E-state index in [-0.39, 0.29) is 6.10 Å². The van der Waals surface area contributed by atoms with Crippen LogP contribution < -0.4 is 0 Å². The van der Waals surface area contributed by atoms with Crippen LogP contribution in [0.4, 0.5) is 0 Å². The lowest BCUT2D eigenvalue weighted by Crippen LogP contribution is -2.44. The van der Waals surface area contributed by atoms with Gasteiger partial charge in [0.05, 0.1) is 6.10 Å². The first-order chi connectivity index (χ1) is 7.15. The molecule has 1 saturated heterocycles. The Bertz CT molecular complexity index is 168. The molecule has 1 aliphatic rings. The molecule has 2 atom stereocenters. The Morgan fingerprint density at radius 1 is 1.33 bits per heavy atom. The zero-order valence-corrected chi connectivity index (χ0v) is 10.6.